The second-order valence-corrected chi connectivity index (χ2v) is 10.2. The van der Waals surface area contributed by atoms with Gasteiger partial charge >= 0.3 is 0 Å². The van der Waals surface area contributed by atoms with Crippen molar-refractivity contribution in [3.8, 4) is 5.69 Å². The van der Waals surface area contributed by atoms with Crippen LogP contribution in [0.25, 0.3) is 5.69 Å². The van der Waals surface area contributed by atoms with E-state index in [0.717, 1.165) is 22.4 Å². The van der Waals surface area contributed by atoms with E-state index in [1.165, 1.54) is 16.2 Å². The third kappa shape index (κ3) is 5.42. The number of hydrogen-bond donors (Lipinski definition) is 4. The number of aliphatic hydroxyl groups is 2. The van der Waals surface area contributed by atoms with Crippen LogP contribution in [0.1, 0.15) is 41.4 Å². The van der Waals surface area contributed by atoms with Gasteiger partial charge < -0.3 is 25.7 Å². The number of carbonyl (C=O) groups is 2. The van der Waals surface area contributed by atoms with Crippen LogP contribution in [0.5, 0.6) is 0 Å². The number of fused-ring (bicyclic) bond motifs is 1. The normalized spacial score (nSPS) is 17.1. The van der Waals surface area contributed by atoms with Crippen LogP contribution >= 0.6 is 11.3 Å². The number of thiazole rings is 1. The van der Waals surface area contributed by atoms with Gasteiger partial charge in [0.15, 0.2) is 17.3 Å². The van der Waals surface area contributed by atoms with Crippen molar-refractivity contribution < 1.29 is 19.8 Å². The maximum Gasteiger partial charge on any atom is 0.255 e. The van der Waals surface area contributed by atoms with E-state index < -0.39 is 36.1 Å². The number of hydrogen-bond acceptors (Lipinski definition) is 8. The quantitative estimate of drug-likeness (QED) is 0.267. The fourth-order valence-electron chi connectivity index (χ4n) is 4.82. The van der Waals surface area contributed by atoms with Crippen LogP contribution in [0.2, 0.25) is 0 Å². The summed E-state index contributed by atoms with van der Waals surface area (Å²) in [7, 11) is 1.77. The minimum absolute atomic E-state index is 0.317. The van der Waals surface area contributed by atoms with Crippen LogP contribution in [0, 0.1) is 0 Å². The smallest absolute Gasteiger partial charge is 0.255 e. The number of carbonyl (C=O) groups excluding carboxylic acids is 2. The van der Waals surface area contributed by atoms with Gasteiger partial charge in [-0.2, -0.15) is 5.10 Å². The molecule has 0 spiro atoms. The highest BCUT2D eigenvalue weighted by Gasteiger charge is 2.40. The summed E-state index contributed by atoms with van der Waals surface area (Å²) >= 11 is 1.41. The van der Waals surface area contributed by atoms with Crippen molar-refractivity contribution in [3.05, 3.63) is 94.8 Å². The molecule has 4 atom stereocenters. The Kier molecular flexibility index (Phi) is 7.73. The molecule has 1 unspecified atom stereocenters. The standard InChI is InChI=1S/C28H30N6O4S/c1-17(18-8-10-20(11-9-18)34-14-5-13-30-34)31-26(37)24(35)25(36)27(38)33-15-12-19-6-3-4-7-21(19)23(33)22-16-39-28(29-2)32-22/h3-11,13-14,16-17,23-25,35-36H,12,15H2,1-2H3,(H,29,32)(H,31,37)/t17-,23?,24-,25-/m1/s1. The van der Waals surface area contributed by atoms with Crippen molar-refractivity contribution in [2.45, 2.75) is 37.6 Å². The van der Waals surface area contributed by atoms with E-state index in [1.54, 1.807) is 24.9 Å². The SMILES string of the molecule is CNc1nc(C2c3ccccc3CCN2C(=O)[C@H](O)[C@@H](O)C(=O)N[C@H](C)c2ccc(-n3cccn3)cc2)cs1. The molecule has 202 valence electrons. The number of amides is 2. The molecule has 3 heterocycles. The van der Waals surface area contributed by atoms with Gasteiger partial charge in [-0.25, -0.2) is 9.67 Å². The third-order valence-corrected chi connectivity index (χ3v) is 7.80. The Morgan fingerprint density at radius 1 is 1.08 bits per heavy atom. The fraction of sp³-hybridized carbons (Fsp3) is 0.286. The van der Waals surface area contributed by atoms with Crippen molar-refractivity contribution in [3.63, 3.8) is 0 Å². The zero-order valence-corrected chi connectivity index (χ0v) is 22.4. The lowest BCUT2D eigenvalue weighted by atomic mass is 9.90. The Balaban J connectivity index is 1.29. The zero-order valence-electron chi connectivity index (χ0n) is 21.6. The molecule has 0 saturated carbocycles. The average Bonchev–Trinajstić information content (AvgIpc) is 3.68. The van der Waals surface area contributed by atoms with Crippen LogP contribution < -0.4 is 10.6 Å². The first-order chi connectivity index (χ1) is 18.9. The second-order valence-electron chi connectivity index (χ2n) is 9.37. The summed E-state index contributed by atoms with van der Waals surface area (Å²) in [4.78, 5) is 32.5. The summed E-state index contributed by atoms with van der Waals surface area (Å²) in [6, 6.07) is 16.0. The maximum absolute atomic E-state index is 13.5. The molecule has 2 amide bonds. The number of aliphatic hydroxyl groups excluding tert-OH is 2. The Morgan fingerprint density at radius 3 is 2.54 bits per heavy atom. The van der Waals surface area contributed by atoms with Crippen molar-refractivity contribution in [1.82, 2.24) is 25.0 Å². The first-order valence-electron chi connectivity index (χ1n) is 12.7. The first-order valence-corrected chi connectivity index (χ1v) is 13.5. The summed E-state index contributed by atoms with van der Waals surface area (Å²) in [5.41, 5.74) is 4.31. The second kappa shape index (κ2) is 11.4. The van der Waals surface area contributed by atoms with Crippen molar-refractivity contribution in [1.29, 1.82) is 0 Å². The van der Waals surface area contributed by atoms with E-state index >= 15 is 0 Å². The molecule has 11 heteroatoms. The van der Waals surface area contributed by atoms with Crippen LogP contribution in [-0.4, -0.2) is 67.5 Å². The highest BCUT2D eigenvalue weighted by atomic mass is 32.1. The van der Waals surface area contributed by atoms with Gasteiger partial charge in [-0.3, -0.25) is 9.59 Å². The molecule has 4 aromatic rings. The van der Waals surface area contributed by atoms with Crippen molar-refractivity contribution >= 4 is 28.3 Å². The largest absolute Gasteiger partial charge is 0.380 e. The van der Waals surface area contributed by atoms with Gasteiger partial charge in [0.05, 0.1) is 17.4 Å². The van der Waals surface area contributed by atoms with Gasteiger partial charge in [-0.1, -0.05) is 36.4 Å². The minimum Gasteiger partial charge on any atom is -0.380 e. The Hall–Kier alpha value is -4.06. The molecule has 1 aliphatic rings. The van der Waals surface area contributed by atoms with Gasteiger partial charge in [-0.15, -0.1) is 11.3 Å². The summed E-state index contributed by atoms with van der Waals surface area (Å²) in [5.74, 6) is -1.56. The van der Waals surface area contributed by atoms with Crippen LogP contribution in [-0.2, 0) is 16.0 Å². The van der Waals surface area contributed by atoms with Gasteiger partial charge in [0, 0.05) is 31.4 Å². The van der Waals surface area contributed by atoms with Gasteiger partial charge in [0.25, 0.3) is 11.8 Å². The van der Waals surface area contributed by atoms with E-state index in [9.17, 15) is 19.8 Å². The Bertz CT molecular complexity index is 1440. The number of nitrogens with one attached hydrogen (secondary N) is 2. The molecule has 39 heavy (non-hydrogen) atoms. The minimum atomic E-state index is -1.94. The van der Waals surface area contributed by atoms with Crippen LogP contribution in [0.4, 0.5) is 5.13 Å². The summed E-state index contributed by atoms with van der Waals surface area (Å²) in [6.45, 7) is 2.08. The van der Waals surface area contributed by atoms with Crippen molar-refractivity contribution in [2.24, 2.45) is 0 Å². The average molecular weight is 547 g/mol. The molecule has 2 aromatic carbocycles. The molecule has 4 N–H and O–H groups in total. The first kappa shape index (κ1) is 26.5. The van der Waals surface area contributed by atoms with E-state index in [0.29, 0.717) is 23.8 Å². The third-order valence-electron chi connectivity index (χ3n) is 6.92. The predicted octanol–water partition coefficient (Wildman–Crippen LogP) is 2.44. The molecule has 1 aliphatic heterocycles. The number of nitrogens with zero attached hydrogens (tertiary/aromatic N) is 4. The van der Waals surface area contributed by atoms with E-state index in [-0.39, 0.29) is 0 Å². The lowest BCUT2D eigenvalue weighted by molar-refractivity contribution is -0.155. The highest BCUT2D eigenvalue weighted by Crippen LogP contribution is 2.37. The van der Waals surface area contributed by atoms with Gasteiger partial charge in [-0.05, 0) is 48.2 Å². The Morgan fingerprint density at radius 2 is 1.85 bits per heavy atom. The molecule has 2 aromatic heterocycles. The van der Waals surface area contributed by atoms with E-state index in [2.05, 4.69) is 20.7 Å². The molecular formula is C28H30N6O4S. The topological polar surface area (TPSA) is 133 Å². The zero-order chi connectivity index (χ0) is 27.5. The molecule has 10 nitrogen and oxygen atoms in total. The lowest BCUT2D eigenvalue weighted by Crippen LogP contribution is -2.53. The van der Waals surface area contributed by atoms with E-state index in [1.807, 2.05) is 66.2 Å². The molecule has 0 saturated heterocycles. The number of aromatic nitrogens is 3. The fourth-order valence-corrected chi connectivity index (χ4v) is 5.51. The van der Waals surface area contributed by atoms with Crippen molar-refractivity contribution in [2.75, 3.05) is 18.9 Å². The predicted molar refractivity (Wildman–Crippen MR) is 147 cm³/mol. The summed E-state index contributed by atoms with van der Waals surface area (Å²) < 4.78 is 1.72. The van der Waals surface area contributed by atoms with Crippen LogP contribution in [0.3, 0.4) is 0 Å². The maximum atomic E-state index is 13.5. The Labute approximate surface area is 229 Å². The van der Waals surface area contributed by atoms with Gasteiger partial charge in [0.2, 0.25) is 0 Å². The molecule has 0 radical (unpaired) electrons. The molecule has 0 aliphatic carbocycles. The monoisotopic (exact) mass is 546 g/mol. The molecular weight excluding hydrogens is 516 g/mol. The molecule has 5 rings (SSSR count). The number of rotatable bonds is 8. The van der Waals surface area contributed by atoms with Gasteiger partial charge in [0.1, 0.15) is 6.04 Å². The molecule has 0 bridgehead atoms. The lowest BCUT2D eigenvalue weighted by Gasteiger charge is -2.38. The summed E-state index contributed by atoms with van der Waals surface area (Å²) in [5, 5.41) is 34.0. The molecule has 0 fully saturated rings. The number of anilines is 1. The van der Waals surface area contributed by atoms with Crippen LogP contribution in [0.15, 0.2) is 72.4 Å². The van der Waals surface area contributed by atoms with E-state index in [4.69, 9.17) is 0 Å². The number of benzene rings is 2. The summed E-state index contributed by atoms with van der Waals surface area (Å²) in [6.07, 6.45) is 0.224. The highest BCUT2D eigenvalue weighted by molar-refractivity contribution is 7.13.